The SMILES string of the molecule is COC(=O)c1ccccc1C(=O)N1CC(N2C(=O)C3CC=CCC3C2=O)C1. The Hall–Kier alpha value is -2.96. The Morgan fingerprint density at radius 1 is 0.963 bits per heavy atom. The van der Waals surface area contributed by atoms with E-state index in [9.17, 15) is 19.2 Å². The van der Waals surface area contributed by atoms with Crippen molar-refractivity contribution in [2.75, 3.05) is 20.2 Å². The largest absolute Gasteiger partial charge is 0.465 e. The zero-order chi connectivity index (χ0) is 19.1. The van der Waals surface area contributed by atoms with Gasteiger partial charge < -0.3 is 9.64 Å². The van der Waals surface area contributed by atoms with E-state index in [-0.39, 0.29) is 46.7 Å². The predicted molar refractivity (Wildman–Crippen MR) is 94.7 cm³/mol. The van der Waals surface area contributed by atoms with Crippen LogP contribution in [0.3, 0.4) is 0 Å². The van der Waals surface area contributed by atoms with Gasteiger partial charge in [-0.15, -0.1) is 0 Å². The van der Waals surface area contributed by atoms with Gasteiger partial charge in [-0.3, -0.25) is 19.3 Å². The van der Waals surface area contributed by atoms with E-state index >= 15 is 0 Å². The van der Waals surface area contributed by atoms with Crippen LogP contribution in [0.5, 0.6) is 0 Å². The number of hydrogen-bond acceptors (Lipinski definition) is 5. The normalized spacial score (nSPS) is 24.6. The fourth-order valence-corrected chi connectivity index (χ4v) is 4.10. The molecular weight excluding hydrogens is 348 g/mol. The maximum Gasteiger partial charge on any atom is 0.338 e. The molecule has 2 saturated heterocycles. The second-order valence-electron chi connectivity index (χ2n) is 7.10. The number of carbonyl (C=O) groups is 4. The number of likely N-dealkylation sites (tertiary alicyclic amines) is 2. The van der Waals surface area contributed by atoms with E-state index in [0.717, 1.165) is 0 Å². The van der Waals surface area contributed by atoms with Gasteiger partial charge in [-0.2, -0.15) is 0 Å². The van der Waals surface area contributed by atoms with Crippen LogP contribution in [0, 0.1) is 11.8 Å². The molecule has 2 atom stereocenters. The lowest BCUT2D eigenvalue weighted by Gasteiger charge is -2.43. The lowest BCUT2D eigenvalue weighted by molar-refractivity contribution is -0.145. The fourth-order valence-electron chi connectivity index (χ4n) is 4.10. The van der Waals surface area contributed by atoms with Gasteiger partial charge in [0.15, 0.2) is 0 Å². The van der Waals surface area contributed by atoms with Gasteiger partial charge in [-0.25, -0.2) is 4.79 Å². The Kier molecular flexibility index (Phi) is 4.30. The first kappa shape index (κ1) is 17.5. The molecule has 2 heterocycles. The summed E-state index contributed by atoms with van der Waals surface area (Å²) in [5.74, 6) is -1.63. The van der Waals surface area contributed by atoms with Crippen LogP contribution in [-0.2, 0) is 14.3 Å². The third kappa shape index (κ3) is 2.74. The van der Waals surface area contributed by atoms with Gasteiger partial charge in [0.1, 0.15) is 0 Å². The minimum absolute atomic E-state index is 0.124. The lowest BCUT2D eigenvalue weighted by atomic mass is 9.85. The van der Waals surface area contributed by atoms with Crippen LogP contribution in [0.4, 0.5) is 0 Å². The summed E-state index contributed by atoms with van der Waals surface area (Å²) >= 11 is 0. The number of rotatable bonds is 3. The number of esters is 1. The molecule has 140 valence electrons. The smallest absolute Gasteiger partial charge is 0.338 e. The first-order valence-corrected chi connectivity index (χ1v) is 9.01. The number of methoxy groups -OCH3 is 1. The number of carbonyl (C=O) groups excluding carboxylic acids is 4. The van der Waals surface area contributed by atoms with Crippen molar-refractivity contribution in [3.05, 3.63) is 47.5 Å². The summed E-state index contributed by atoms with van der Waals surface area (Å²) in [6.45, 7) is 0.581. The van der Waals surface area contributed by atoms with Gasteiger partial charge in [0.2, 0.25) is 11.8 Å². The molecule has 0 saturated carbocycles. The maximum atomic E-state index is 12.8. The first-order valence-electron chi connectivity index (χ1n) is 9.01. The quantitative estimate of drug-likeness (QED) is 0.455. The van der Waals surface area contributed by atoms with Gasteiger partial charge in [0.25, 0.3) is 5.91 Å². The Labute approximate surface area is 156 Å². The molecule has 7 heteroatoms. The summed E-state index contributed by atoms with van der Waals surface area (Å²) in [5.41, 5.74) is 0.471. The Morgan fingerprint density at radius 3 is 2.07 bits per heavy atom. The highest BCUT2D eigenvalue weighted by molar-refractivity contribution is 6.07. The molecule has 0 N–H and O–H groups in total. The van der Waals surface area contributed by atoms with Gasteiger partial charge in [-0.1, -0.05) is 24.3 Å². The van der Waals surface area contributed by atoms with E-state index in [0.29, 0.717) is 25.9 Å². The summed E-state index contributed by atoms with van der Waals surface area (Å²) in [6.07, 6.45) is 5.12. The molecule has 3 aliphatic rings. The molecule has 4 rings (SSSR count). The predicted octanol–water partition coefficient (Wildman–Crippen LogP) is 1.25. The van der Waals surface area contributed by atoms with E-state index in [1.165, 1.54) is 12.0 Å². The Morgan fingerprint density at radius 2 is 1.52 bits per heavy atom. The van der Waals surface area contributed by atoms with Crippen LogP contribution in [0.2, 0.25) is 0 Å². The number of imide groups is 1. The van der Waals surface area contributed by atoms with Crippen LogP contribution < -0.4 is 0 Å². The van der Waals surface area contributed by atoms with Crippen molar-refractivity contribution in [3.8, 4) is 0 Å². The number of nitrogens with zero attached hydrogens (tertiary/aromatic N) is 2. The molecule has 7 nitrogen and oxygen atoms in total. The van der Waals surface area contributed by atoms with Crippen molar-refractivity contribution >= 4 is 23.7 Å². The standard InChI is InChI=1S/C20H20N2O5/c1-27-20(26)16-9-5-4-8-15(16)17(23)21-10-12(11-21)22-18(24)13-6-2-3-7-14(13)19(22)25/h2-5,8-9,12-14H,6-7,10-11H2,1H3. The average Bonchev–Trinajstić information content (AvgIpc) is 2.91. The number of amides is 3. The van der Waals surface area contributed by atoms with E-state index in [1.807, 2.05) is 12.2 Å². The molecular formula is C20H20N2O5. The molecule has 1 aliphatic carbocycles. The molecule has 0 radical (unpaired) electrons. The molecule has 2 fully saturated rings. The molecule has 2 aliphatic heterocycles. The molecule has 2 unspecified atom stereocenters. The van der Waals surface area contributed by atoms with Crippen molar-refractivity contribution in [3.63, 3.8) is 0 Å². The highest BCUT2D eigenvalue weighted by Gasteiger charge is 2.52. The third-order valence-electron chi connectivity index (χ3n) is 5.62. The molecule has 0 bridgehead atoms. The molecule has 1 aromatic carbocycles. The van der Waals surface area contributed by atoms with Crippen LogP contribution in [0.25, 0.3) is 0 Å². The fraction of sp³-hybridized carbons (Fsp3) is 0.400. The molecule has 0 aromatic heterocycles. The summed E-state index contributed by atoms with van der Waals surface area (Å²) in [5, 5.41) is 0. The number of ether oxygens (including phenoxy) is 1. The van der Waals surface area contributed by atoms with Crippen molar-refractivity contribution in [2.45, 2.75) is 18.9 Å². The topological polar surface area (TPSA) is 84.0 Å². The van der Waals surface area contributed by atoms with Crippen LogP contribution in [0.15, 0.2) is 36.4 Å². The maximum absolute atomic E-state index is 12.8. The minimum Gasteiger partial charge on any atom is -0.465 e. The zero-order valence-electron chi connectivity index (χ0n) is 15.0. The highest BCUT2D eigenvalue weighted by atomic mass is 16.5. The second kappa shape index (κ2) is 6.64. The minimum atomic E-state index is -0.572. The number of fused-ring (bicyclic) bond motifs is 1. The van der Waals surface area contributed by atoms with Gasteiger partial charge in [-0.05, 0) is 25.0 Å². The molecule has 1 aromatic rings. The molecule has 3 amide bonds. The molecule has 27 heavy (non-hydrogen) atoms. The van der Waals surface area contributed by atoms with Crippen molar-refractivity contribution < 1.29 is 23.9 Å². The van der Waals surface area contributed by atoms with Crippen molar-refractivity contribution in [1.29, 1.82) is 0 Å². The summed E-state index contributed by atoms with van der Waals surface area (Å²) in [6, 6.07) is 6.18. The summed E-state index contributed by atoms with van der Waals surface area (Å²) < 4.78 is 4.73. The zero-order valence-corrected chi connectivity index (χ0v) is 15.0. The van der Waals surface area contributed by atoms with Crippen LogP contribution in [-0.4, -0.2) is 59.7 Å². The average molecular weight is 368 g/mol. The highest BCUT2D eigenvalue weighted by Crippen LogP contribution is 2.37. The number of allylic oxidation sites excluding steroid dienone is 2. The summed E-state index contributed by atoms with van der Waals surface area (Å²) in [7, 11) is 1.27. The van der Waals surface area contributed by atoms with Gasteiger partial charge in [0.05, 0.1) is 36.1 Å². The van der Waals surface area contributed by atoms with Crippen LogP contribution >= 0.6 is 0 Å². The summed E-state index contributed by atoms with van der Waals surface area (Å²) in [4.78, 5) is 52.8. The van der Waals surface area contributed by atoms with E-state index in [1.54, 1.807) is 29.2 Å². The Balaban J connectivity index is 1.46. The Bertz CT molecular complexity index is 830. The number of benzene rings is 1. The van der Waals surface area contributed by atoms with Crippen molar-refractivity contribution in [1.82, 2.24) is 9.80 Å². The molecule has 0 spiro atoms. The van der Waals surface area contributed by atoms with Gasteiger partial charge >= 0.3 is 5.97 Å². The van der Waals surface area contributed by atoms with E-state index in [2.05, 4.69) is 0 Å². The number of hydrogen-bond donors (Lipinski definition) is 0. The van der Waals surface area contributed by atoms with E-state index in [4.69, 9.17) is 4.74 Å². The van der Waals surface area contributed by atoms with Crippen molar-refractivity contribution in [2.24, 2.45) is 11.8 Å². The third-order valence-corrected chi connectivity index (χ3v) is 5.62. The first-order chi connectivity index (χ1) is 13.0. The second-order valence-corrected chi connectivity index (χ2v) is 7.10. The lowest BCUT2D eigenvalue weighted by Crippen LogP contribution is -2.62. The van der Waals surface area contributed by atoms with Gasteiger partial charge in [0, 0.05) is 13.1 Å². The van der Waals surface area contributed by atoms with E-state index < -0.39 is 5.97 Å². The van der Waals surface area contributed by atoms with Crippen LogP contribution in [0.1, 0.15) is 33.6 Å². The monoisotopic (exact) mass is 368 g/mol.